The highest BCUT2D eigenvalue weighted by molar-refractivity contribution is 5.06. The van der Waals surface area contributed by atoms with E-state index >= 15 is 0 Å². The van der Waals surface area contributed by atoms with Gasteiger partial charge in [-0.3, -0.25) is 4.68 Å². The van der Waals surface area contributed by atoms with Gasteiger partial charge in [0, 0.05) is 26.2 Å². The van der Waals surface area contributed by atoms with Crippen LogP contribution in [0.15, 0.2) is 18.6 Å². The molecule has 0 bridgehead atoms. The first-order chi connectivity index (χ1) is 8.58. The molecule has 0 saturated carbocycles. The van der Waals surface area contributed by atoms with Crippen LogP contribution < -0.4 is 0 Å². The molecule has 6 nitrogen and oxygen atoms in total. The maximum atomic E-state index is 10.2. The highest BCUT2D eigenvalue weighted by atomic mass is 16.3. The lowest BCUT2D eigenvalue weighted by atomic mass is 10.1. The van der Waals surface area contributed by atoms with Crippen molar-refractivity contribution in [3.05, 3.63) is 30.1 Å². The van der Waals surface area contributed by atoms with Crippen LogP contribution in [0.5, 0.6) is 0 Å². The van der Waals surface area contributed by atoms with Crippen molar-refractivity contribution in [2.75, 3.05) is 0 Å². The fourth-order valence-corrected chi connectivity index (χ4v) is 1.93. The van der Waals surface area contributed by atoms with Crippen LogP contribution >= 0.6 is 0 Å². The van der Waals surface area contributed by atoms with Crippen LogP contribution in [0, 0.1) is 5.92 Å². The maximum Gasteiger partial charge on any atom is 0.138 e. The van der Waals surface area contributed by atoms with Crippen molar-refractivity contribution in [1.82, 2.24) is 24.5 Å². The van der Waals surface area contributed by atoms with E-state index in [0.717, 1.165) is 18.1 Å². The Morgan fingerprint density at radius 2 is 2.11 bits per heavy atom. The van der Waals surface area contributed by atoms with Crippen molar-refractivity contribution in [1.29, 1.82) is 0 Å². The monoisotopic (exact) mass is 249 g/mol. The highest BCUT2D eigenvalue weighted by Gasteiger charge is 2.16. The minimum atomic E-state index is -0.604. The number of aromatic nitrogens is 5. The van der Waals surface area contributed by atoms with E-state index in [4.69, 9.17) is 0 Å². The van der Waals surface area contributed by atoms with E-state index in [1.807, 2.05) is 17.8 Å². The fraction of sp³-hybridized carbons (Fsp3) is 0.583. The van der Waals surface area contributed by atoms with Gasteiger partial charge in [0.15, 0.2) is 0 Å². The van der Waals surface area contributed by atoms with E-state index in [1.54, 1.807) is 10.9 Å². The van der Waals surface area contributed by atoms with Crippen LogP contribution in [0.4, 0.5) is 0 Å². The Morgan fingerprint density at radius 1 is 1.33 bits per heavy atom. The summed E-state index contributed by atoms with van der Waals surface area (Å²) in [7, 11) is 1.82. The first-order valence-electron chi connectivity index (χ1n) is 6.10. The number of aliphatic hydroxyl groups excluding tert-OH is 1. The second-order valence-corrected chi connectivity index (χ2v) is 4.85. The zero-order valence-corrected chi connectivity index (χ0v) is 11.0. The van der Waals surface area contributed by atoms with E-state index < -0.39 is 6.10 Å². The zero-order chi connectivity index (χ0) is 13.1. The van der Waals surface area contributed by atoms with E-state index in [2.05, 4.69) is 29.0 Å². The third-order valence-corrected chi connectivity index (χ3v) is 2.81. The molecule has 0 spiro atoms. The van der Waals surface area contributed by atoms with Crippen LogP contribution in [0.1, 0.15) is 31.5 Å². The fourth-order valence-electron chi connectivity index (χ4n) is 1.93. The van der Waals surface area contributed by atoms with Crippen LogP contribution in [-0.4, -0.2) is 29.7 Å². The van der Waals surface area contributed by atoms with Gasteiger partial charge in [-0.1, -0.05) is 13.8 Å². The summed E-state index contributed by atoms with van der Waals surface area (Å²) >= 11 is 0. The number of rotatable bonds is 5. The van der Waals surface area contributed by atoms with E-state index in [9.17, 15) is 5.11 Å². The van der Waals surface area contributed by atoms with Gasteiger partial charge in [-0.2, -0.15) is 10.2 Å². The molecule has 2 aromatic heterocycles. The molecule has 1 atom stereocenters. The van der Waals surface area contributed by atoms with Gasteiger partial charge in [0.05, 0.1) is 5.69 Å². The number of aryl methyl sites for hydroxylation is 1. The maximum absolute atomic E-state index is 10.2. The second-order valence-electron chi connectivity index (χ2n) is 4.85. The molecule has 18 heavy (non-hydrogen) atoms. The lowest BCUT2D eigenvalue weighted by molar-refractivity contribution is 0.164. The number of aliphatic hydroxyl groups is 1. The summed E-state index contributed by atoms with van der Waals surface area (Å²) in [6, 6.07) is 1.81. The van der Waals surface area contributed by atoms with E-state index in [-0.39, 0.29) is 0 Å². The smallest absolute Gasteiger partial charge is 0.138 e. The standard InChI is InChI=1S/C12H19N5O/c1-9(2)7-17-12(13-8-15-17)6-11(18)10-4-5-14-16(10)3/h4-5,8-9,11,18H,6-7H2,1-3H3. The van der Waals surface area contributed by atoms with Crippen molar-refractivity contribution in [2.24, 2.45) is 13.0 Å². The molecule has 2 heterocycles. The molecule has 1 unspecified atom stereocenters. The van der Waals surface area contributed by atoms with Crippen molar-refractivity contribution >= 4 is 0 Å². The Labute approximate surface area is 106 Å². The largest absolute Gasteiger partial charge is 0.386 e. The van der Waals surface area contributed by atoms with Gasteiger partial charge < -0.3 is 5.11 Å². The normalized spacial score (nSPS) is 13.2. The minimum Gasteiger partial charge on any atom is -0.386 e. The molecule has 0 aliphatic heterocycles. The molecule has 98 valence electrons. The summed E-state index contributed by atoms with van der Waals surface area (Å²) < 4.78 is 3.53. The Kier molecular flexibility index (Phi) is 3.76. The van der Waals surface area contributed by atoms with Crippen molar-refractivity contribution in [2.45, 2.75) is 32.9 Å². The lowest BCUT2D eigenvalue weighted by Crippen LogP contribution is -2.15. The van der Waals surface area contributed by atoms with Crippen LogP contribution in [-0.2, 0) is 20.0 Å². The number of nitrogens with zero attached hydrogens (tertiary/aromatic N) is 5. The van der Waals surface area contributed by atoms with Gasteiger partial charge in [0.25, 0.3) is 0 Å². The first-order valence-corrected chi connectivity index (χ1v) is 6.10. The second kappa shape index (κ2) is 5.30. The lowest BCUT2D eigenvalue weighted by Gasteiger charge is -2.12. The van der Waals surface area contributed by atoms with Crippen LogP contribution in [0.2, 0.25) is 0 Å². The molecular formula is C12H19N5O. The molecular weight excluding hydrogens is 230 g/mol. The molecule has 6 heteroatoms. The SMILES string of the molecule is CC(C)Cn1ncnc1CC(O)c1ccnn1C. The Hall–Kier alpha value is -1.69. The zero-order valence-electron chi connectivity index (χ0n) is 11.0. The minimum absolute atomic E-state index is 0.451. The molecule has 2 aromatic rings. The summed E-state index contributed by atoms with van der Waals surface area (Å²) in [5, 5.41) is 18.4. The summed E-state index contributed by atoms with van der Waals surface area (Å²) in [5.41, 5.74) is 0.786. The summed E-state index contributed by atoms with van der Waals surface area (Å²) in [6.07, 6.45) is 3.06. The predicted octanol–water partition coefficient (Wildman–Crippen LogP) is 0.944. The van der Waals surface area contributed by atoms with E-state index in [1.165, 1.54) is 6.33 Å². The third kappa shape index (κ3) is 2.76. The summed E-state index contributed by atoms with van der Waals surface area (Å²) in [6.45, 7) is 5.07. The van der Waals surface area contributed by atoms with Gasteiger partial charge >= 0.3 is 0 Å². The molecule has 0 amide bonds. The van der Waals surface area contributed by atoms with Crippen molar-refractivity contribution in [3.8, 4) is 0 Å². The van der Waals surface area contributed by atoms with Crippen molar-refractivity contribution < 1.29 is 5.11 Å². The van der Waals surface area contributed by atoms with Gasteiger partial charge in [-0.05, 0) is 12.0 Å². The van der Waals surface area contributed by atoms with Gasteiger partial charge in [-0.15, -0.1) is 0 Å². The molecule has 0 fully saturated rings. The van der Waals surface area contributed by atoms with Crippen LogP contribution in [0.3, 0.4) is 0 Å². The van der Waals surface area contributed by atoms with Crippen molar-refractivity contribution in [3.63, 3.8) is 0 Å². The molecule has 1 N–H and O–H groups in total. The molecule has 0 saturated heterocycles. The van der Waals surface area contributed by atoms with E-state index in [0.29, 0.717) is 12.3 Å². The van der Waals surface area contributed by atoms with Gasteiger partial charge in [0.1, 0.15) is 18.3 Å². The summed E-state index contributed by atoms with van der Waals surface area (Å²) in [5.74, 6) is 1.30. The first kappa shape index (κ1) is 12.8. The highest BCUT2D eigenvalue weighted by Crippen LogP contribution is 2.16. The Balaban J connectivity index is 2.10. The Morgan fingerprint density at radius 3 is 2.72 bits per heavy atom. The molecule has 0 aliphatic rings. The summed E-state index contributed by atoms with van der Waals surface area (Å²) in [4.78, 5) is 4.21. The quantitative estimate of drug-likeness (QED) is 0.856. The molecule has 0 radical (unpaired) electrons. The average molecular weight is 249 g/mol. The molecule has 0 aromatic carbocycles. The number of hydrogen-bond acceptors (Lipinski definition) is 4. The van der Waals surface area contributed by atoms with Gasteiger partial charge in [0.2, 0.25) is 0 Å². The topological polar surface area (TPSA) is 68.8 Å². The van der Waals surface area contributed by atoms with Gasteiger partial charge in [-0.25, -0.2) is 9.67 Å². The molecule has 2 rings (SSSR count). The average Bonchev–Trinajstić information content (AvgIpc) is 2.88. The molecule has 0 aliphatic carbocycles. The predicted molar refractivity (Wildman–Crippen MR) is 66.7 cm³/mol. The Bertz CT molecular complexity index is 502. The third-order valence-electron chi connectivity index (χ3n) is 2.81. The number of hydrogen-bond donors (Lipinski definition) is 1. The van der Waals surface area contributed by atoms with Crippen LogP contribution in [0.25, 0.3) is 0 Å².